The minimum absolute atomic E-state index is 0.0474. The SMILES string of the molecule is CN(Cc1cc[nH]c1)C(=N)N=C(N)N. The smallest absolute Gasteiger partial charge is 0.221 e. The summed E-state index contributed by atoms with van der Waals surface area (Å²) >= 11 is 0. The summed E-state index contributed by atoms with van der Waals surface area (Å²) in [6.07, 6.45) is 3.69. The molecule has 0 aliphatic heterocycles. The first-order valence-corrected chi connectivity index (χ1v) is 4.10. The van der Waals surface area contributed by atoms with Crippen molar-refractivity contribution in [3.63, 3.8) is 0 Å². The zero-order chi connectivity index (χ0) is 10.6. The third-order valence-corrected chi connectivity index (χ3v) is 1.68. The molecule has 0 amide bonds. The second-order valence-electron chi connectivity index (χ2n) is 2.94. The van der Waals surface area contributed by atoms with Gasteiger partial charge in [-0.3, -0.25) is 5.41 Å². The fraction of sp³-hybridized carbons (Fsp3) is 0.250. The van der Waals surface area contributed by atoms with Crippen molar-refractivity contribution in [2.45, 2.75) is 6.54 Å². The van der Waals surface area contributed by atoms with Gasteiger partial charge in [0.1, 0.15) is 0 Å². The monoisotopic (exact) mass is 194 g/mol. The van der Waals surface area contributed by atoms with E-state index in [1.165, 1.54) is 0 Å². The van der Waals surface area contributed by atoms with E-state index in [-0.39, 0.29) is 11.9 Å². The first-order valence-electron chi connectivity index (χ1n) is 4.10. The lowest BCUT2D eigenvalue weighted by molar-refractivity contribution is 0.492. The molecule has 0 bridgehead atoms. The summed E-state index contributed by atoms with van der Waals surface area (Å²) in [5, 5.41) is 7.50. The number of aromatic nitrogens is 1. The minimum atomic E-state index is -0.101. The molecule has 0 saturated carbocycles. The van der Waals surface area contributed by atoms with E-state index in [9.17, 15) is 0 Å². The molecule has 0 aliphatic carbocycles. The molecule has 0 aromatic carbocycles. The van der Waals surface area contributed by atoms with Crippen molar-refractivity contribution >= 4 is 11.9 Å². The molecule has 1 rings (SSSR count). The van der Waals surface area contributed by atoms with Gasteiger partial charge in [-0.15, -0.1) is 0 Å². The van der Waals surface area contributed by atoms with E-state index < -0.39 is 0 Å². The van der Waals surface area contributed by atoms with Crippen molar-refractivity contribution in [1.82, 2.24) is 9.88 Å². The van der Waals surface area contributed by atoms with Gasteiger partial charge in [-0.05, 0) is 11.6 Å². The minimum Gasteiger partial charge on any atom is -0.370 e. The number of nitrogens with zero attached hydrogens (tertiary/aromatic N) is 2. The highest BCUT2D eigenvalue weighted by molar-refractivity contribution is 5.91. The molecule has 1 aromatic heterocycles. The average molecular weight is 194 g/mol. The fourth-order valence-corrected chi connectivity index (χ4v) is 1.01. The number of aromatic amines is 1. The van der Waals surface area contributed by atoms with Gasteiger partial charge in [-0.2, -0.15) is 4.99 Å². The molecule has 0 saturated heterocycles. The van der Waals surface area contributed by atoms with Gasteiger partial charge in [0.05, 0.1) is 0 Å². The molecule has 1 aromatic rings. The molecule has 0 radical (unpaired) electrons. The van der Waals surface area contributed by atoms with Crippen LogP contribution in [0.1, 0.15) is 5.56 Å². The number of hydrogen-bond acceptors (Lipinski definition) is 1. The summed E-state index contributed by atoms with van der Waals surface area (Å²) in [5.41, 5.74) is 11.4. The predicted octanol–water partition coefficient (Wildman–Crippen LogP) is -0.345. The lowest BCUT2D eigenvalue weighted by Gasteiger charge is -2.15. The van der Waals surface area contributed by atoms with Crippen molar-refractivity contribution in [1.29, 1.82) is 5.41 Å². The zero-order valence-electron chi connectivity index (χ0n) is 7.99. The van der Waals surface area contributed by atoms with Crippen LogP contribution < -0.4 is 11.5 Å². The summed E-state index contributed by atoms with van der Waals surface area (Å²) < 4.78 is 0. The number of aliphatic imine (C=N–C) groups is 1. The number of H-pyrrole nitrogens is 1. The Morgan fingerprint density at radius 2 is 2.36 bits per heavy atom. The van der Waals surface area contributed by atoms with Crippen LogP contribution in [0.3, 0.4) is 0 Å². The highest BCUT2D eigenvalue weighted by atomic mass is 15.2. The predicted molar refractivity (Wildman–Crippen MR) is 55.8 cm³/mol. The highest BCUT2D eigenvalue weighted by Crippen LogP contribution is 2.01. The van der Waals surface area contributed by atoms with Gasteiger partial charge in [-0.1, -0.05) is 0 Å². The van der Waals surface area contributed by atoms with Crippen molar-refractivity contribution in [3.8, 4) is 0 Å². The Labute approximate surface area is 82.1 Å². The maximum absolute atomic E-state index is 7.50. The van der Waals surface area contributed by atoms with Gasteiger partial charge in [-0.25, -0.2) is 0 Å². The standard InChI is InChI=1S/C8H14N6/c1-14(8(11)13-7(9)10)5-6-2-3-12-4-6/h2-4,12H,5H2,1H3,(H5,9,10,11,13). The Bertz CT molecular complexity index is 322. The third-order valence-electron chi connectivity index (χ3n) is 1.68. The van der Waals surface area contributed by atoms with Crippen molar-refractivity contribution in [2.75, 3.05) is 7.05 Å². The molecule has 14 heavy (non-hydrogen) atoms. The Morgan fingerprint density at radius 3 is 2.86 bits per heavy atom. The van der Waals surface area contributed by atoms with E-state index in [1.807, 2.05) is 18.5 Å². The van der Waals surface area contributed by atoms with Crippen molar-refractivity contribution in [3.05, 3.63) is 24.0 Å². The zero-order valence-corrected chi connectivity index (χ0v) is 7.99. The molecule has 0 aliphatic rings. The summed E-state index contributed by atoms with van der Waals surface area (Å²) in [5.74, 6) is -0.0536. The maximum Gasteiger partial charge on any atom is 0.221 e. The number of guanidine groups is 2. The summed E-state index contributed by atoms with van der Waals surface area (Å²) in [4.78, 5) is 8.20. The van der Waals surface area contributed by atoms with Crippen LogP contribution in [0, 0.1) is 5.41 Å². The van der Waals surface area contributed by atoms with Crippen LogP contribution in [0.25, 0.3) is 0 Å². The lowest BCUT2D eigenvalue weighted by Crippen LogP contribution is -2.30. The van der Waals surface area contributed by atoms with E-state index in [4.69, 9.17) is 16.9 Å². The summed E-state index contributed by atoms with van der Waals surface area (Å²) in [6, 6.07) is 1.93. The maximum atomic E-state index is 7.50. The third kappa shape index (κ3) is 2.81. The molecule has 0 spiro atoms. The van der Waals surface area contributed by atoms with Crippen molar-refractivity contribution in [2.24, 2.45) is 16.5 Å². The Morgan fingerprint density at radius 1 is 1.64 bits per heavy atom. The van der Waals surface area contributed by atoms with E-state index in [1.54, 1.807) is 11.9 Å². The normalized spacial score (nSPS) is 9.50. The Hall–Kier alpha value is -1.98. The largest absolute Gasteiger partial charge is 0.370 e. The molecule has 0 fully saturated rings. The van der Waals surface area contributed by atoms with Crippen LogP contribution in [-0.2, 0) is 6.54 Å². The second kappa shape index (κ2) is 4.31. The first-order chi connectivity index (χ1) is 6.59. The van der Waals surface area contributed by atoms with Gasteiger partial charge >= 0.3 is 0 Å². The van der Waals surface area contributed by atoms with Gasteiger partial charge in [0, 0.05) is 26.0 Å². The number of nitrogens with two attached hydrogens (primary N) is 2. The number of nitrogens with one attached hydrogen (secondary N) is 2. The average Bonchev–Trinajstić information content (AvgIpc) is 2.55. The molecule has 6 heteroatoms. The van der Waals surface area contributed by atoms with Gasteiger partial charge in [0.25, 0.3) is 0 Å². The first kappa shape index (κ1) is 10.1. The van der Waals surface area contributed by atoms with Gasteiger partial charge in [0.2, 0.25) is 5.96 Å². The van der Waals surface area contributed by atoms with E-state index in [0.717, 1.165) is 5.56 Å². The van der Waals surface area contributed by atoms with Crippen LogP contribution >= 0.6 is 0 Å². The molecule has 1 heterocycles. The molecular weight excluding hydrogens is 180 g/mol. The van der Waals surface area contributed by atoms with Crippen LogP contribution in [0.5, 0.6) is 0 Å². The van der Waals surface area contributed by atoms with Crippen LogP contribution in [0.2, 0.25) is 0 Å². The molecule has 6 nitrogen and oxygen atoms in total. The Kier molecular flexibility index (Phi) is 3.11. The molecule has 0 unspecified atom stereocenters. The van der Waals surface area contributed by atoms with E-state index in [2.05, 4.69) is 9.98 Å². The number of hydrogen-bond donors (Lipinski definition) is 4. The topological polar surface area (TPSA) is 107 Å². The van der Waals surface area contributed by atoms with E-state index >= 15 is 0 Å². The van der Waals surface area contributed by atoms with Crippen molar-refractivity contribution < 1.29 is 0 Å². The fourth-order valence-electron chi connectivity index (χ4n) is 1.01. The second-order valence-corrected chi connectivity index (χ2v) is 2.94. The molecule has 6 N–H and O–H groups in total. The molecule has 76 valence electrons. The van der Waals surface area contributed by atoms with Gasteiger partial charge < -0.3 is 21.4 Å². The van der Waals surface area contributed by atoms with Crippen LogP contribution in [0.15, 0.2) is 23.5 Å². The quantitative estimate of drug-likeness (QED) is 0.382. The molecule has 0 atom stereocenters. The van der Waals surface area contributed by atoms with E-state index in [0.29, 0.717) is 6.54 Å². The summed E-state index contributed by atoms with van der Waals surface area (Å²) in [6.45, 7) is 0.596. The number of rotatable bonds is 2. The van der Waals surface area contributed by atoms with Crippen LogP contribution in [-0.4, -0.2) is 28.9 Å². The Balaban J connectivity index is 2.54. The van der Waals surface area contributed by atoms with Gasteiger partial charge in [0.15, 0.2) is 5.96 Å². The highest BCUT2D eigenvalue weighted by Gasteiger charge is 2.04. The van der Waals surface area contributed by atoms with Crippen LogP contribution in [0.4, 0.5) is 0 Å². The summed E-state index contributed by atoms with van der Waals surface area (Å²) in [7, 11) is 1.75. The lowest BCUT2D eigenvalue weighted by atomic mass is 10.3. The molecular formula is C8H14N6.